The first-order chi connectivity index (χ1) is 14.9. The Morgan fingerprint density at radius 2 is 1.74 bits per heavy atom. The average molecular weight is 463 g/mol. The van der Waals surface area contributed by atoms with Crippen molar-refractivity contribution in [1.29, 1.82) is 0 Å². The van der Waals surface area contributed by atoms with E-state index in [1.807, 2.05) is 0 Å². The molecule has 1 aliphatic rings. The zero-order valence-corrected chi connectivity index (χ0v) is 17.9. The van der Waals surface area contributed by atoms with E-state index in [4.69, 9.17) is 25.5 Å². The molecule has 162 valence electrons. The fraction of sp³-hybridized carbons (Fsp3) is 0.238. The van der Waals surface area contributed by atoms with Crippen LogP contribution in [0.25, 0.3) is 11.3 Å². The van der Waals surface area contributed by atoms with Crippen LogP contribution in [0.3, 0.4) is 0 Å². The number of morpholine rings is 1. The van der Waals surface area contributed by atoms with Crippen molar-refractivity contribution in [2.24, 2.45) is 0 Å². The molecule has 1 fully saturated rings. The largest absolute Gasteiger partial charge is 0.452 e. The summed E-state index contributed by atoms with van der Waals surface area (Å²) >= 11 is 5.88. The van der Waals surface area contributed by atoms with Crippen molar-refractivity contribution >= 4 is 27.6 Å². The van der Waals surface area contributed by atoms with Crippen molar-refractivity contribution < 1.29 is 27.1 Å². The summed E-state index contributed by atoms with van der Waals surface area (Å²) < 4.78 is 42.7. The maximum atomic E-state index is 12.6. The van der Waals surface area contributed by atoms with Crippen LogP contribution in [0.1, 0.15) is 16.2 Å². The number of carbonyl (C=O) groups is 1. The summed E-state index contributed by atoms with van der Waals surface area (Å²) in [4.78, 5) is 16.5. The summed E-state index contributed by atoms with van der Waals surface area (Å²) in [6.07, 6.45) is 1.54. The molecule has 3 aromatic rings. The molecule has 2 heterocycles. The van der Waals surface area contributed by atoms with E-state index in [1.54, 1.807) is 24.3 Å². The number of rotatable bonds is 6. The second-order valence-corrected chi connectivity index (χ2v) is 9.12. The van der Waals surface area contributed by atoms with E-state index < -0.39 is 16.0 Å². The standard InChI is InChI=1S/C21H19ClN2O6S/c22-17-5-1-15(2-6-17)19-13-23-20(30-19)14-29-21(25)16-3-7-18(8-4-16)31(26,27)24-9-11-28-12-10-24/h1-8,13H,9-12,14H2. The molecule has 0 atom stereocenters. The molecule has 31 heavy (non-hydrogen) atoms. The lowest BCUT2D eigenvalue weighted by Crippen LogP contribution is -2.40. The minimum atomic E-state index is -3.62. The van der Waals surface area contributed by atoms with Crippen LogP contribution in [-0.4, -0.2) is 50.0 Å². The van der Waals surface area contributed by atoms with Crippen molar-refractivity contribution in [2.75, 3.05) is 26.3 Å². The van der Waals surface area contributed by atoms with E-state index in [0.717, 1.165) is 5.56 Å². The molecule has 0 spiro atoms. The van der Waals surface area contributed by atoms with Gasteiger partial charge in [0.25, 0.3) is 0 Å². The highest BCUT2D eigenvalue weighted by atomic mass is 35.5. The summed E-state index contributed by atoms with van der Waals surface area (Å²) in [6, 6.07) is 12.7. The van der Waals surface area contributed by atoms with Gasteiger partial charge in [0.1, 0.15) is 0 Å². The first kappa shape index (κ1) is 21.5. The van der Waals surface area contributed by atoms with E-state index in [0.29, 0.717) is 37.1 Å². The molecule has 0 bridgehead atoms. The highest BCUT2D eigenvalue weighted by Gasteiger charge is 2.26. The minimum Gasteiger partial charge on any atom is -0.452 e. The highest BCUT2D eigenvalue weighted by Crippen LogP contribution is 2.23. The van der Waals surface area contributed by atoms with Crippen molar-refractivity contribution in [3.05, 3.63) is 71.2 Å². The second-order valence-electron chi connectivity index (χ2n) is 6.74. The molecule has 10 heteroatoms. The zero-order chi connectivity index (χ0) is 21.8. The van der Waals surface area contributed by atoms with Crippen LogP contribution in [0.15, 0.2) is 64.0 Å². The Kier molecular flexibility index (Phi) is 6.38. The lowest BCUT2D eigenvalue weighted by Gasteiger charge is -2.26. The van der Waals surface area contributed by atoms with E-state index >= 15 is 0 Å². The van der Waals surface area contributed by atoms with Gasteiger partial charge in [0.15, 0.2) is 12.4 Å². The second kappa shape index (κ2) is 9.19. The van der Waals surface area contributed by atoms with Crippen LogP contribution in [-0.2, 0) is 26.1 Å². The van der Waals surface area contributed by atoms with E-state index in [2.05, 4.69) is 4.98 Å². The molecular weight excluding hydrogens is 444 g/mol. The highest BCUT2D eigenvalue weighted by molar-refractivity contribution is 7.89. The van der Waals surface area contributed by atoms with Crippen molar-refractivity contribution in [1.82, 2.24) is 9.29 Å². The number of oxazole rings is 1. The number of benzene rings is 2. The number of nitrogens with zero attached hydrogens (tertiary/aromatic N) is 2. The Labute approximate surface area is 184 Å². The number of hydrogen-bond donors (Lipinski definition) is 0. The Morgan fingerprint density at radius 1 is 1.06 bits per heavy atom. The van der Waals surface area contributed by atoms with Crippen LogP contribution >= 0.6 is 11.6 Å². The van der Waals surface area contributed by atoms with Crippen LogP contribution in [0.2, 0.25) is 5.02 Å². The van der Waals surface area contributed by atoms with Gasteiger partial charge in [-0.2, -0.15) is 4.31 Å². The molecule has 1 aromatic heterocycles. The third-order valence-corrected chi connectivity index (χ3v) is 6.87. The summed E-state index contributed by atoms with van der Waals surface area (Å²) in [7, 11) is -3.62. The predicted molar refractivity (Wildman–Crippen MR) is 112 cm³/mol. The van der Waals surface area contributed by atoms with Crippen molar-refractivity contribution in [3.8, 4) is 11.3 Å². The fourth-order valence-electron chi connectivity index (χ4n) is 3.03. The molecule has 0 aliphatic carbocycles. The number of ether oxygens (including phenoxy) is 2. The molecule has 1 aliphatic heterocycles. The Morgan fingerprint density at radius 3 is 2.42 bits per heavy atom. The lowest BCUT2D eigenvalue weighted by molar-refractivity contribution is 0.0439. The smallest absolute Gasteiger partial charge is 0.338 e. The first-order valence-corrected chi connectivity index (χ1v) is 11.3. The normalized spacial score (nSPS) is 15.0. The van der Waals surface area contributed by atoms with Gasteiger partial charge in [-0.05, 0) is 48.5 Å². The average Bonchev–Trinajstić information content (AvgIpc) is 3.28. The van der Waals surface area contributed by atoms with Crippen LogP contribution in [0.5, 0.6) is 0 Å². The Bertz CT molecular complexity index is 1150. The van der Waals surface area contributed by atoms with Gasteiger partial charge < -0.3 is 13.9 Å². The van der Waals surface area contributed by atoms with Crippen LogP contribution in [0, 0.1) is 0 Å². The summed E-state index contributed by atoms with van der Waals surface area (Å²) in [5.41, 5.74) is 1.02. The van der Waals surface area contributed by atoms with E-state index in [9.17, 15) is 13.2 Å². The molecule has 8 nitrogen and oxygen atoms in total. The number of halogens is 1. The SMILES string of the molecule is O=C(OCc1ncc(-c2ccc(Cl)cc2)o1)c1ccc(S(=O)(=O)N2CCOCC2)cc1. The Hall–Kier alpha value is -2.72. The number of hydrogen-bond acceptors (Lipinski definition) is 7. The number of aromatic nitrogens is 1. The molecule has 2 aromatic carbocycles. The summed E-state index contributed by atoms with van der Waals surface area (Å²) in [6.45, 7) is 1.19. The first-order valence-electron chi connectivity index (χ1n) is 9.49. The topological polar surface area (TPSA) is 98.9 Å². The number of sulfonamides is 1. The monoisotopic (exact) mass is 462 g/mol. The van der Waals surface area contributed by atoms with Crippen LogP contribution in [0.4, 0.5) is 0 Å². The molecule has 0 saturated carbocycles. The summed E-state index contributed by atoms with van der Waals surface area (Å²) in [5, 5.41) is 0.612. The van der Waals surface area contributed by atoms with Gasteiger partial charge in [-0.1, -0.05) is 11.6 Å². The molecule has 1 saturated heterocycles. The maximum absolute atomic E-state index is 12.6. The molecule has 0 unspecified atom stereocenters. The van der Waals surface area contributed by atoms with Gasteiger partial charge in [-0.15, -0.1) is 0 Å². The predicted octanol–water partition coefficient (Wildman–Crippen LogP) is 3.37. The van der Waals surface area contributed by atoms with Crippen LogP contribution < -0.4 is 0 Å². The summed E-state index contributed by atoms with van der Waals surface area (Å²) in [5.74, 6) is 0.159. The van der Waals surface area contributed by atoms with Crippen molar-refractivity contribution in [3.63, 3.8) is 0 Å². The zero-order valence-electron chi connectivity index (χ0n) is 16.4. The Balaban J connectivity index is 1.37. The maximum Gasteiger partial charge on any atom is 0.338 e. The number of esters is 1. The van der Waals surface area contributed by atoms with Crippen molar-refractivity contribution in [2.45, 2.75) is 11.5 Å². The number of carbonyl (C=O) groups excluding carboxylic acids is 1. The molecule has 4 rings (SSSR count). The molecule has 0 amide bonds. The molecular formula is C21H19ClN2O6S. The molecule has 0 radical (unpaired) electrons. The van der Waals surface area contributed by atoms with E-state index in [-0.39, 0.29) is 23.0 Å². The lowest BCUT2D eigenvalue weighted by atomic mass is 10.2. The minimum absolute atomic E-state index is 0.117. The third kappa shape index (κ3) is 4.96. The van der Waals surface area contributed by atoms with Gasteiger partial charge >= 0.3 is 5.97 Å². The quantitative estimate of drug-likeness (QED) is 0.518. The fourth-order valence-corrected chi connectivity index (χ4v) is 4.57. The molecule has 0 N–H and O–H groups in total. The third-order valence-electron chi connectivity index (χ3n) is 4.71. The van der Waals surface area contributed by atoms with Gasteiger partial charge in [0.2, 0.25) is 15.9 Å². The van der Waals surface area contributed by atoms with E-state index in [1.165, 1.54) is 34.8 Å². The van der Waals surface area contributed by atoms with Gasteiger partial charge in [-0.25, -0.2) is 18.2 Å². The van der Waals surface area contributed by atoms with Gasteiger partial charge in [-0.3, -0.25) is 0 Å². The van der Waals surface area contributed by atoms with Gasteiger partial charge in [0, 0.05) is 23.7 Å². The van der Waals surface area contributed by atoms with Gasteiger partial charge in [0.05, 0.1) is 29.9 Å².